The minimum absolute atomic E-state index is 0.0799. The fourth-order valence-electron chi connectivity index (χ4n) is 4.68. The van der Waals surface area contributed by atoms with Crippen molar-refractivity contribution in [1.29, 1.82) is 0 Å². The van der Waals surface area contributed by atoms with Crippen molar-refractivity contribution in [3.63, 3.8) is 0 Å². The van der Waals surface area contributed by atoms with Crippen LogP contribution in [0.5, 0.6) is 0 Å². The molecule has 1 heterocycles. The van der Waals surface area contributed by atoms with Gasteiger partial charge in [0.1, 0.15) is 5.82 Å². The standard InChI is InChI=1S/C25H29FN4O2/c1-17(19-8-4-2-5-9-19)28-23(32)20-12-18(13-21(26)14-20)16-30-22(31)15-25(29-24(30)27)10-6-3-7-11-25/h2,4-5,8-9,12-14,17H,3,6-7,10-11,15-16H2,1H3,(H2,27,29)(H,28,32)/t17-/m0/s1. The first-order valence-corrected chi connectivity index (χ1v) is 11.2. The number of halogens is 1. The Morgan fingerprint density at radius 1 is 1.19 bits per heavy atom. The summed E-state index contributed by atoms with van der Waals surface area (Å²) < 4.78 is 14.3. The Balaban J connectivity index is 1.50. The molecule has 1 aliphatic heterocycles. The number of benzene rings is 2. The molecule has 0 radical (unpaired) electrons. The van der Waals surface area contributed by atoms with E-state index in [2.05, 4.69) is 10.3 Å². The third-order valence-corrected chi connectivity index (χ3v) is 6.40. The van der Waals surface area contributed by atoms with Gasteiger partial charge in [-0.15, -0.1) is 0 Å². The fourth-order valence-corrected chi connectivity index (χ4v) is 4.68. The molecule has 168 valence electrons. The quantitative estimate of drug-likeness (QED) is 0.741. The number of nitrogens with two attached hydrogens (primary N) is 1. The number of rotatable bonds is 5. The molecule has 1 spiro atoms. The predicted molar refractivity (Wildman–Crippen MR) is 121 cm³/mol. The van der Waals surface area contributed by atoms with E-state index in [1.165, 1.54) is 17.0 Å². The van der Waals surface area contributed by atoms with Gasteiger partial charge in [-0.3, -0.25) is 14.5 Å². The van der Waals surface area contributed by atoms with E-state index in [4.69, 9.17) is 5.73 Å². The fraction of sp³-hybridized carbons (Fsp3) is 0.400. The molecule has 2 aromatic rings. The molecule has 4 rings (SSSR count). The lowest BCUT2D eigenvalue weighted by Gasteiger charge is -2.39. The first-order chi connectivity index (χ1) is 15.3. The van der Waals surface area contributed by atoms with Gasteiger partial charge in [0.15, 0.2) is 5.96 Å². The zero-order chi connectivity index (χ0) is 22.7. The normalized spacial score (nSPS) is 18.9. The van der Waals surface area contributed by atoms with Crippen LogP contribution in [0.3, 0.4) is 0 Å². The van der Waals surface area contributed by atoms with Crippen LogP contribution in [0.4, 0.5) is 4.39 Å². The summed E-state index contributed by atoms with van der Waals surface area (Å²) in [5.74, 6) is -0.845. The van der Waals surface area contributed by atoms with Crippen LogP contribution < -0.4 is 11.1 Å². The van der Waals surface area contributed by atoms with Crippen LogP contribution in [-0.2, 0) is 11.3 Å². The SMILES string of the molecule is C[C@H](NC(=O)c1cc(F)cc(CN2C(=O)CC3(CCCCC3)N=C2N)c1)c1ccccc1. The van der Waals surface area contributed by atoms with Gasteiger partial charge in [0.2, 0.25) is 5.91 Å². The lowest BCUT2D eigenvalue weighted by Crippen LogP contribution is -2.51. The minimum Gasteiger partial charge on any atom is -0.369 e. The van der Waals surface area contributed by atoms with Gasteiger partial charge in [-0.2, -0.15) is 0 Å². The second-order valence-corrected chi connectivity index (χ2v) is 8.87. The van der Waals surface area contributed by atoms with Crippen LogP contribution in [0.25, 0.3) is 0 Å². The highest BCUT2D eigenvalue weighted by molar-refractivity contribution is 5.99. The Bertz CT molecular complexity index is 1030. The van der Waals surface area contributed by atoms with E-state index in [9.17, 15) is 14.0 Å². The number of guanidine groups is 1. The molecule has 32 heavy (non-hydrogen) atoms. The smallest absolute Gasteiger partial charge is 0.251 e. The summed E-state index contributed by atoms with van der Waals surface area (Å²) >= 11 is 0. The number of carbonyl (C=O) groups excluding carboxylic acids is 2. The van der Waals surface area contributed by atoms with Crippen LogP contribution in [-0.4, -0.2) is 28.2 Å². The summed E-state index contributed by atoms with van der Waals surface area (Å²) in [6.45, 7) is 1.95. The van der Waals surface area contributed by atoms with E-state index in [0.29, 0.717) is 12.0 Å². The van der Waals surface area contributed by atoms with E-state index < -0.39 is 5.82 Å². The van der Waals surface area contributed by atoms with Gasteiger partial charge in [-0.05, 0) is 49.1 Å². The van der Waals surface area contributed by atoms with Gasteiger partial charge in [-0.25, -0.2) is 9.38 Å². The predicted octanol–water partition coefficient (Wildman–Crippen LogP) is 4.07. The van der Waals surface area contributed by atoms with Gasteiger partial charge in [0, 0.05) is 5.56 Å². The zero-order valence-electron chi connectivity index (χ0n) is 18.3. The summed E-state index contributed by atoms with van der Waals surface area (Å²) in [5, 5.41) is 2.89. The summed E-state index contributed by atoms with van der Waals surface area (Å²) in [5.41, 5.74) is 7.44. The first-order valence-electron chi connectivity index (χ1n) is 11.2. The maximum Gasteiger partial charge on any atom is 0.251 e. The molecule has 0 aromatic heterocycles. The van der Waals surface area contributed by atoms with Crippen molar-refractivity contribution in [3.8, 4) is 0 Å². The second kappa shape index (κ2) is 9.10. The summed E-state index contributed by atoms with van der Waals surface area (Å²) in [6, 6.07) is 13.4. The summed E-state index contributed by atoms with van der Waals surface area (Å²) in [6.07, 6.45) is 5.33. The van der Waals surface area contributed by atoms with Gasteiger partial charge in [-0.1, -0.05) is 49.6 Å². The second-order valence-electron chi connectivity index (χ2n) is 8.87. The number of hydrogen-bond donors (Lipinski definition) is 2. The molecule has 0 saturated heterocycles. The molecule has 3 N–H and O–H groups in total. The van der Waals surface area contributed by atoms with Crippen LogP contribution in [0.1, 0.15) is 73.0 Å². The molecule has 0 unspecified atom stereocenters. The van der Waals surface area contributed by atoms with Crippen molar-refractivity contribution in [2.24, 2.45) is 10.7 Å². The Labute approximate surface area is 187 Å². The highest BCUT2D eigenvalue weighted by atomic mass is 19.1. The first kappa shape index (κ1) is 22.0. The molecule has 2 amide bonds. The van der Waals surface area contributed by atoms with Crippen molar-refractivity contribution in [3.05, 3.63) is 71.0 Å². The van der Waals surface area contributed by atoms with Crippen molar-refractivity contribution in [1.82, 2.24) is 10.2 Å². The Morgan fingerprint density at radius 2 is 1.91 bits per heavy atom. The van der Waals surface area contributed by atoms with E-state index in [0.717, 1.165) is 37.7 Å². The van der Waals surface area contributed by atoms with Gasteiger partial charge >= 0.3 is 0 Å². The lowest BCUT2D eigenvalue weighted by atomic mass is 9.79. The molecule has 2 aliphatic rings. The van der Waals surface area contributed by atoms with Gasteiger partial charge in [0.05, 0.1) is 24.5 Å². The van der Waals surface area contributed by atoms with E-state index in [1.807, 2.05) is 37.3 Å². The van der Waals surface area contributed by atoms with Gasteiger partial charge in [0.25, 0.3) is 5.91 Å². The third-order valence-electron chi connectivity index (χ3n) is 6.40. The lowest BCUT2D eigenvalue weighted by molar-refractivity contribution is -0.130. The number of carbonyl (C=O) groups is 2. The van der Waals surface area contributed by atoms with E-state index in [-0.39, 0.29) is 41.5 Å². The maximum absolute atomic E-state index is 14.3. The monoisotopic (exact) mass is 436 g/mol. The van der Waals surface area contributed by atoms with Crippen molar-refractivity contribution in [2.75, 3.05) is 0 Å². The Hall–Kier alpha value is -3.22. The molecule has 7 heteroatoms. The topological polar surface area (TPSA) is 87.8 Å². The zero-order valence-corrected chi connectivity index (χ0v) is 18.3. The molecule has 6 nitrogen and oxygen atoms in total. The summed E-state index contributed by atoms with van der Waals surface area (Å²) in [4.78, 5) is 31.7. The largest absolute Gasteiger partial charge is 0.369 e. The molecule has 0 bridgehead atoms. The minimum atomic E-state index is -0.538. The maximum atomic E-state index is 14.3. The molecule has 1 atom stereocenters. The summed E-state index contributed by atoms with van der Waals surface area (Å²) in [7, 11) is 0. The van der Waals surface area contributed by atoms with Gasteiger partial charge < -0.3 is 11.1 Å². The third kappa shape index (κ3) is 4.82. The van der Waals surface area contributed by atoms with E-state index >= 15 is 0 Å². The number of nitrogens with one attached hydrogen (secondary N) is 1. The Morgan fingerprint density at radius 3 is 2.59 bits per heavy atom. The average molecular weight is 437 g/mol. The van der Waals surface area contributed by atoms with Crippen LogP contribution >= 0.6 is 0 Å². The van der Waals surface area contributed by atoms with Crippen LogP contribution in [0, 0.1) is 5.82 Å². The Kier molecular flexibility index (Phi) is 6.26. The number of aliphatic imine (C=N–C) groups is 1. The molecule has 1 fully saturated rings. The van der Waals surface area contributed by atoms with Crippen molar-refractivity contribution < 1.29 is 14.0 Å². The van der Waals surface area contributed by atoms with Crippen molar-refractivity contribution >= 4 is 17.8 Å². The van der Waals surface area contributed by atoms with Crippen LogP contribution in [0.15, 0.2) is 53.5 Å². The average Bonchev–Trinajstić information content (AvgIpc) is 2.77. The molecule has 1 saturated carbocycles. The highest BCUT2D eigenvalue weighted by Gasteiger charge is 2.40. The van der Waals surface area contributed by atoms with Crippen LogP contribution in [0.2, 0.25) is 0 Å². The molecule has 1 aliphatic carbocycles. The molecule has 2 aromatic carbocycles. The molecular formula is C25H29FN4O2. The number of nitrogens with zero attached hydrogens (tertiary/aromatic N) is 2. The van der Waals surface area contributed by atoms with E-state index in [1.54, 1.807) is 6.07 Å². The number of amides is 2. The number of hydrogen-bond acceptors (Lipinski definition) is 4. The highest BCUT2D eigenvalue weighted by Crippen LogP contribution is 2.37. The molecular weight excluding hydrogens is 407 g/mol. The van der Waals surface area contributed by atoms with Crippen molar-refractivity contribution in [2.45, 2.75) is 63.6 Å².